The molecule has 0 radical (unpaired) electrons. The molecule has 1 amide bonds. The molecular formula is C21H23NO3S. The molecule has 0 saturated heterocycles. The topological polar surface area (TPSA) is 66.4 Å². The fourth-order valence-electron chi connectivity index (χ4n) is 2.31. The molecule has 5 heteroatoms. The maximum atomic E-state index is 12.5. The fraction of sp³-hybridized carbons (Fsp3) is 0.238. The Balaban J connectivity index is 2.19. The zero-order valence-corrected chi connectivity index (χ0v) is 15.8. The molecule has 0 aliphatic rings. The molecule has 1 aromatic carbocycles. The quantitative estimate of drug-likeness (QED) is 0.663. The van der Waals surface area contributed by atoms with Crippen LogP contribution in [0.1, 0.15) is 42.2 Å². The van der Waals surface area contributed by atoms with Crippen LogP contribution >= 0.6 is 11.3 Å². The van der Waals surface area contributed by atoms with Crippen molar-refractivity contribution in [3.05, 3.63) is 63.5 Å². The van der Waals surface area contributed by atoms with Gasteiger partial charge in [-0.2, -0.15) is 0 Å². The monoisotopic (exact) mass is 369 g/mol. The van der Waals surface area contributed by atoms with Crippen LogP contribution in [0.25, 0.3) is 12.2 Å². The maximum absolute atomic E-state index is 12.5. The molecule has 0 saturated carbocycles. The second kappa shape index (κ2) is 9.73. The fourth-order valence-corrected chi connectivity index (χ4v) is 2.93. The van der Waals surface area contributed by atoms with Gasteiger partial charge in [0, 0.05) is 17.4 Å². The number of carbonyl (C=O) groups is 2. The predicted octanol–water partition coefficient (Wildman–Crippen LogP) is 4.69. The van der Waals surface area contributed by atoms with Gasteiger partial charge in [0.15, 0.2) is 5.78 Å². The molecule has 1 aromatic heterocycles. The molecule has 0 atom stereocenters. The van der Waals surface area contributed by atoms with Gasteiger partial charge in [-0.3, -0.25) is 9.59 Å². The van der Waals surface area contributed by atoms with Gasteiger partial charge in [0.05, 0.1) is 5.70 Å². The van der Waals surface area contributed by atoms with Crippen LogP contribution in [0.2, 0.25) is 0 Å². The number of phenolic OH excluding ortho intramolecular Hbond substituents is 1. The number of hydrogen-bond donors (Lipinski definition) is 2. The number of ketones is 1. The minimum absolute atomic E-state index is 0.101. The van der Waals surface area contributed by atoms with E-state index in [9.17, 15) is 14.7 Å². The second-order valence-electron chi connectivity index (χ2n) is 5.97. The van der Waals surface area contributed by atoms with Crippen LogP contribution in [0.5, 0.6) is 5.75 Å². The first-order chi connectivity index (χ1) is 12.5. The highest BCUT2D eigenvalue weighted by atomic mass is 32.1. The van der Waals surface area contributed by atoms with Crippen LogP contribution in [-0.4, -0.2) is 16.8 Å². The number of aromatic hydroxyl groups is 1. The molecule has 2 rings (SSSR count). The third kappa shape index (κ3) is 6.01. The number of amides is 1. The van der Waals surface area contributed by atoms with E-state index in [0.717, 1.165) is 23.3 Å². The van der Waals surface area contributed by atoms with E-state index < -0.39 is 0 Å². The lowest BCUT2D eigenvalue weighted by molar-refractivity contribution is -0.120. The number of unbranched alkanes of at least 4 members (excludes halogenated alkanes) is 1. The highest BCUT2D eigenvalue weighted by Gasteiger charge is 2.12. The Morgan fingerprint density at radius 2 is 2.08 bits per heavy atom. The molecule has 0 unspecified atom stereocenters. The van der Waals surface area contributed by atoms with Gasteiger partial charge in [-0.25, -0.2) is 0 Å². The van der Waals surface area contributed by atoms with Crippen LogP contribution in [0.3, 0.4) is 0 Å². The number of allylic oxidation sites excluding steroid dienone is 1. The summed E-state index contributed by atoms with van der Waals surface area (Å²) >= 11 is 1.53. The van der Waals surface area contributed by atoms with Crippen LogP contribution in [0.4, 0.5) is 0 Å². The number of Topliss-reactive ketones (excluding diaryl/α,β-unsaturated/α-hetero) is 1. The first kappa shape index (κ1) is 19.7. The first-order valence-electron chi connectivity index (χ1n) is 8.56. The number of thiophene rings is 1. The lowest BCUT2D eigenvalue weighted by atomic mass is 10.1. The van der Waals surface area contributed by atoms with Crippen LogP contribution in [0, 0.1) is 6.92 Å². The molecule has 1 heterocycles. The second-order valence-corrected chi connectivity index (χ2v) is 6.95. The molecule has 4 nitrogen and oxygen atoms in total. The van der Waals surface area contributed by atoms with E-state index >= 15 is 0 Å². The van der Waals surface area contributed by atoms with Crippen molar-refractivity contribution in [2.24, 2.45) is 0 Å². The third-order valence-corrected chi connectivity index (χ3v) is 4.63. The Morgan fingerprint density at radius 1 is 1.27 bits per heavy atom. The molecule has 0 spiro atoms. The average Bonchev–Trinajstić information content (AvgIpc) is 3.14. The summed E-state index contributed by atoms with van der Waals surface area (Å²) in [6, 6.07) is 8.89. The number of rotatable bonds is 8. The zero-order valence-electron chi connectivity index (χ0n) is 15.0. The summed E-state index contributed by atoms with van der Waals surface area (Å²) in [5, 5.41) is 14.3. The van der Waals surface area contributed by atoms with E-state index in [2.05, 4.69) is 5.32 Å². The van der Waals surface area contributed by atoms with Gasteiger partial charge >= 0.3 is 0 Å². The summed E-state index contributed by atoms with van der Waals surface area (Å²) in [6.07, 6.45) is 6.86. The van der Waals surface area contributed by atoms with E-state index in [1.807, 2.05) is 24.4 Å². The zero-order chi connectivity index (χ0) is 18.9. The van der Waals surface area contributed by atoms with Crippen molar-refractivity contribution in [1.29, 1.82) is 0 Å². The number of aryl methyl sites for hydroxylation is 1. The molecular weight excluding hydrogens is 346 g/mol. The Bertz CT molecular complexity index is 820. The molecule has 26 heavy (non-hydrogen) atoms. The summed E-state index contributed by atoms with van der Waals surface area (Å²) < 4.78 is 0. The molecule has 0 aliphatic carbocycles. The molecule has 0 bridgehead atoms. The van der Waals surface area contributed by atoms with Crippen LogP contribution in [-0.2, 0) is 9.59 Å². The van der Waals surface area contributed by atoms with E-state index in [1.165, 1.54) is 17.4 Å². The number of nitrogens with one attached hydrogen (secondary N) is 1. The summed E-state index contributed by atoms with van der Waals surface area (Å²) in [5.41, 5.74) is 1.73. The largest absolute Gasteiger partial charge is 0.508 e. The molecule has 0 aliphatic heterocycles. The Labute approximate surface area is 157 Å². The summed E-state index contributed by atoms with van der Waals surface area (Å²) in [5.74, 6) is -0.246. The molecule has 2 aromatic rings. The van der Waals surface area contributed by atoms with Gasteiger partial charge in [0.25, 0.3) is 0 Å². The Hall–Kier alpha value is -2.66. The summed E-state index contributed by atoms with van der Waals surface area (Å²) in [7, 11) is 0. The number of hydrogen-bond acceptors (Lipinski definition) is 4. The van der Waals surface area contributed by atoms with Crippen molar-refractivity contribution >= 4 is 35.2 Å². The van der Waals surface area contributed by atoms with E-state index in [1.54, 1.807) is 37.3 Å². The van der Waals surface area contributed by atoms with Crippen molar-refractivity contribution in [3.8, 4) is 5.75 Å². The van der Waals surface area contributed by atoms with Gasteiger partial charge in [-0.1, -0.05) is 25.5 Å². The predicted molar refractivity (Wildman–Crippen MR) is 107 cm³/mol. The molecule has 136 valence electrons. The van der Waals surface area contributed by atoms with Crippen molar-refractivity contribution < 1.29 is 14.7 Å². The third-order valence-electron chi connectivity index (χ3n) is 3.79. The highest BCUT2D eigenvalue weighted by molar-refractivity contribution is 7.10. The average molecular weight is 369 g/mol. The summed E-state index contributed by atoms with van der Waals surface area (Å²) in [4.78, 5) is 25.7. The van der Waals surface area contributed by atoms with Crippen molar-refractivity contribution in [2.75, 3.05) is 0 Å². The summed E-state index contributed by atoms with van der Waals surface area (Å²) in [6.45, 7) is 3.80. The minimum Gasteiger partial charge on any atom is -0.508 e. The Kier molecular flexibility index (Phi) is 7.36. The lowest BCUT2D eigenvalue weighted by Gasteiger charge is -2.08. The van der Waals surface area contributed by atoms with Crippen LogP contribution in [0.15, 0.2) is 47.5 Å². The number of carbonyl (C=O) groups excluding carboxylic acids is 2. The van der Waals surface area contributed by atoms with E-state index in [-0.39, 0.29) is 23.1 Å². The van der Waals surface area contributed by atoms with Crippen molar-refractivity contribution in [2.45, 2.75) is 33.1 Å². The molecule has 2 N–H and O–H groups in total. The standard InChI is InChI=1S/C21H23NO3S/c1-3-4-7-20(24)18(14-16-8-10-19(23)15(2)13-16)22-21(25)11-9-17-6-5-12-26-17/h5-6,8-14,23H,3-4,7H2,1-2H3,(H,22,25)/b11-9+,18-14-. The first-order valence-corrected chi connectivity index (χ1v) is 9.44. The van der Waals surface area contributed by atoms with Crippen molar-refractivity contribution in [3.63, 3.8) is 0 Å². The minimum atomic E-state index is -0.343. The lowest BCUT2D eigenvalue weighted by Crippen LogP contribution is -2.25. The SMILES string of the molecule is CCCCC(=O)/C(=C/c1ccc(O)c(C)c1)NC(=O)/C=C/c1cccs1. The van der Waals surface area contributed by atoms with Gasteiger partial charge in [-0.15, -0.1) is 11.3 Å². The smallest absolute Gasteiger partial charge is 0.248 e. The Morgan fingerprint density at radius 3 is 2.73 bits per heavy atom. The number of phenols is 1. The van der Waals surface area contributed by atoms with Gasteiger partial charge < -0.3 is 10.4 Å². The van der Waals surface area contributed by atoms with Gasteiger partial charge in [0.2, 0.25) is 5.91 Å². The van der Waals surface area contributed by atoms with Crippen molar-refractivity contribution in [1.82, 2.24) is 5.32 Å². The van der Waals surface area contributed by atoms with Crippen LogP contribution < -0.4 is 5.32 Å². The van der Waals surface area contributed by atoms with Gasteiger partial charge in [0.1, 0.15) is 5.75 Å². The maximum Gasteiger partial charge on any atom is 0.248 e. The normalized spacial score (nSPS) is 11.7. The van der Waals surface area contributed by atoms with E-state index in [4.69, 9.17) is 0 Å². The van der Waals surface area contributed by atoms with Gasteiger partial charge in [-0.05, 0) is 60.2 Å². The molecule has 0 fully saturated rings. The van der Waals surface area contributed by atoms with E-state index in [0.29, 0.717) is 12.0 Å². The number of benzene rings is 1. The highest BCUT2D eigenvalue weighted by Crippen LogP contribution is 2.19.